The molecule has 3 rings (SSSR count). The van der Waals surface area contributed by atoms with Gasteiger partial charge in [0.25, 0.3) is 0 Å². The molecule has 3 nitrogen and oxygen atoms in total. The first kappa shape index (κ1) is 15.7. The van der Waals surface area contributed by atoms with Crippen molar-refractivity contribution < 1.29 is 4.74 Å². The smallest absolute Gasteiger partial charge is 0.0991 e. The monoisotopic (exact) mass is 306 g/mol. The molecule has 0 N–H and O–H groups in total. The second kappa shape index (κ2) is 7.92. The van der Waals surface area contributed by atoms with Crippen molar-refractivity contribution in [2.75, 3.05) is 13.2 Å². The van der Waals surface area contributed by atoms with E-state index in [0.717, 1.165) is 44.6 Å². The van der Waals surface area contributed by atoms with E-state index in [2.05, 4.69) is 41.3 Å². The lowest BCUT2D eigenvalue weighted by Gasteiger charge is -2.25. The first-order valence-electron chi connectivity index (χ1n) is 8.20. The van der Waals surface area contributed by atoms with Gasteiger partial charge in [0, 0.05) is 26.2 Å². The van der Waals surface area contributed by atoms with E-state index in [1.807, 2.05) is 24.3 Å². The van der Waals surface area contributed by atoms with Crippen molar-refractivity contribution in [2.45, 2.75) is 32.0 Å². The Labute approximate surface area is 138 Å². The van der Waals surface area contributed by atoms with Crippen LogP contribution in [0.15, 0.2) is 54.6 Å². The summed E-state index contributed by atoms with van der Waals surface area (Å²) < 4.78 is 5.81. The highest BCUT2D eigenvalue weighted by Gasteiger charge is 2.19. The minimum atomic E-state index is 0.331. The molecular weight excluding hydrogens is 284 g/mol. The van der Waals surface area contributed by atoms with Crippen LogP contribution in [0.1, 0.15) is 29.5 Å². The van der Waals surface area contributed by atoms with E-state index in [-0.39, 0.29) is 0 Å². The summed E-state index contributed by atoms with van der Waals surface area (Å²) in [6.07, 6.45) is 2.63. The van der Waals surface area contributed by atoms with Crippen LogP contribution in [-0.2, 0) is 17.8 Å². The summed E-state index contributed by atoms with van der Waals surface area (Å²) in [5.74, 6) is 0. The van der Waals surface area contributed by atoms with E-state index in [9.17, 15) is 0 Å². The molecule has 2 aromatic rings. The maximum atomic E-state index is 9.08. The Hall–Kier alpha value is -2.15. The van der Waals surface area contributed by atoms with Gasteiger partial charge in [0.1, 0.15) is 0 Å². The van der Waals surface area contributed by atoms with Crippen LogP contribution in [-0.4, -0.2) is 24.2 Å². The lowest BCUT2D eigenvalue weighted by molar-refractivity contribution is 0.0679. The standard InChI is InChI=1S/C20H22N2O/c21-13-18-8-4-9-19(12-18)15-22(16-20-10-5-11-23-20)14-17-6-2-1-3-7-17/h1-4,6-9,12,20H,5,10-11,14-16H2. The highest BCUT2D eigenvalue weighted by molar-refractivity contribution is 5.32. The van der Waals surface area contributed by atoms with Crippen LogP contribution in [0.25, 0.3) is 0 Å². The molecular formula is C20H22N2O. The van der Waals surface area contributed by atoms with Gasteiger partial charge < -0.3 is 4.74 Å². The third-order valence-corrected chi connectivity index (χ3v) is 4.20. The zero-order valence-electron chi connectivity index (χ0n) is 13.3. The van der Waals surface area contributed by atoms with Crippen molar-refractivity contribution in [1.82, 2.24) is 4.90 Å². The van der Waals surface area contributed by atoms with Gasteiger partial charge in [0.05, 0.1) is 17.7 Å². The molecule has 2 aromatic carbocycles. The van der Waals surface area contributed by atoms with Crippen LogP contribution < -0.4 is 0 Å². The third-order valence-electron chi connectivity index (χ3n) is 4.20. The van der Waals surface area contributed by atoms with Gasteiger partial charge >= 0.3 is 0 Å². The predicted octanol–water partition coefficient (Wildman–Crippen LogP) is 3.74. The Bertz CT molecular complexity index is 657. The molecule has 0 bridgehead atoms. The van der Waals surface area contributed by atoms with E-state index in [4.69, 9.17) is 10.00 Å². The van der Waals surface area contributed by atoms with Crippen LogP contribution >= 0.6 is 0 Å². The zero-order valence-corrected chi connectivity index (χ0v) is 13.3. The second-order valence-corrected chi connectivity index (χ2v) is 6.10. The largest absolute Gasteiger partial charge is 0.377 e. The van der Waals surface area contributed by atoms with E-state index in [1.165, 1.54) is 11.1 Å². The van der Waals surface area contributed by atoms with E-state index in [0.29, 0.717) is 6.10 Å². The second-order valence-electron chi connectivity index (χ2n) is 6.10. The van der Waals surface area contributed by atoms with Gasteiger partial charge in [-0.3, -0.25) is 4.90 Å². The van der Waals surface area contributed by atoms with Crippen molar-refractivity contribution in [1.29, 1.82) is 5.26 Å². The Kier molecular flexibility index (Phi) is 5.42. The number of benzene rings is 2. The summed E-state index contributed by atoms with van der Waals surface area (Å²) in [5.41, 5.74) is 3.21. The van der Waals surface area contributed by atoms with Crippen molar-refractivity contribution in [3.63, 3.8) is 0 Å². The summed E-state index contributed by atoms with van der Waals surface area (Å²) in [6.45, 7) is 3.56. The van der Waals surface area contributed by atoms with E-state index in [1.54, 1.807) is 0 Å². The molecule has 1 heterocycles. The quantitative estimate of drug-likeness (QED) is 0.815. The van der Waals surface area contributed by atoms with Crippen LogP contribution in [0.5, 0.6) is 0 Å². The van der Waals surface area contributed by atoms with Gasteiger partial charge in [-0.2, -0.15) is 5.26 Å². The SMILES string of the molecule is N#Cc1cccc(CN(Cc2ccccc2)CC2CCCO2)c1. The molecule has 0 spiro atoms. The first-order valence-corrected chi connectivity index (χ1v) is 8.20. The zero-order chi connectivity index (χ0) is 15.9. The molecule has 0 radical (unpaired) electrons. The van der Waals surface area contributed by atoms with E-state index < -0.39 is 0 Å². The lowest BCUT2D eigenvalue weighted by Crippen LogP contribution is -2.31. The maximum absolute atomic E-state index is 9.08. The van der Waals surface area contributed by atoms with Crippen LogP contribution in [0.3, 0.4) is 0 Å². The number of nitrogens with zero attached hydrogens (tertiary/aromatic N) is 2. The van der Waals surface area contributed by atoms with Crippen LogP contribution in [0, 0.1) is 11.3 Å². The fourth-order valence-electron chi connectivity index (χ4n) is 3.10. The fourth-order valence-corrected chi connectivity index (χ4v) is 3.10. The molecule has 0 aromatic heterocycles. The van der Waals surface area contributed by atoms with Gasteiger partial charge in [-0.25, -0.2) is 0 Å². The lowest BCUT2D eigenvalue weighted by atomic mass is 10.1. The van der Waals surface area contributed by atoms with Crippen molar-refractivity contribution >= 4 is 0 Å². The number of hydrogen-bond acceptors (Lipinski definition) is 3. The van der Waals surface area contributed by atoms with Gasteiger partial charge in [-0.15, -0.1) is 0 Å². The number of ether oxygens (including phenoxy) is 1. The molecule has 1 aliphatic rings. The minimum Gasteiger partial charge on any atom is -0.377 e. The van der Waals surface area contributed by atoms with Crippen molar-refractivity contribution in [3.8, 4) is 6.07 Å². The third kappa shape index (κ3) is 4.66. The van der Waals surface area contributed by atoms with Crippen LogP contribution in [0.4, 0.5) is 0 Å². The Balaban J connectivity index is 1.72. The highest BCUT2D eigenvalue weighted by Crippen LogP contribution is 2.17. The summed E-state index contributed by atoms with van der Waals surface area (Å²) in [7, 11) is 0. The maximum Gasteiger partial charge on any atom is 0.0991 e. The van der Waals surface area contributed by atoms with Crippen molar-refractivity contribution in [2.24, 2.45) is 0 Å². The Morgan fingerprint density at radius 3 is 2.57 bits per heavy atom. The molecule has 0 saturated carbocycles. The Morgan fingerprint density at radius 1 is 1.04 bits per heavy atom. The van der Waals surface area contributed by atoms with Gasteiger partial charge in [-0.1, -0.05) is 42.5 Å². The molecule has 1 unspecified atom stereocenters. The molecule has 1 saturated heterocycles. The minimum absolute atomic E-state index is 0.331. The van der Waals surface area contributed by atoms with Crippen LogP contribution in [0.2, 0.25) is 0 Å². The average molecular weight is 306 g/mol. The van der Waals surface area contributed by atoms with Gasteiger partial charge in [0.2, 0.25) is 0 Å². The number of rotatable bonds is 6. The molecule has 1 fully saturated rings. The number of hydrogen-bond donors (Lipinski definition) is 0. The predicted molar refractivity (Wildman–Crippen MR) is 90.7 cm³/mol. The molecule has 1 atom stereocenters. The number of nitriles is 1. The summed E-state index contributed by atoms with van der Waals surface area (Å²) in [6, 6.07) is 20.6. The van der Waals surface area contributed by atoms with E-state index >= 15 is 0 Å². The molecule has 23 heavy (non-hydrogen) atoms. The molecule has 118 valence electrons. The van der Waals surface area contributed by atoms with Gasteiger partial charge in [-0.05, 0) is 36.1 Å². The molecule has 0 aliphatic carbocycles. The Morgan fingerprint density at radius 2 is 1.83 bits per heavy atom. The normalized spacial score (nSPS) is 17.3. The van der Waals surface area contributed by atoms with Crippen molar-refractivity contribution in [3.05, 3.63) is 71.3 Å². The summed E-state index contributed by atoms with van der Waals surface area (Å²) in [5, 5.41) is 9.08. The summed E-state index contributed by atoms with van der Waals surface area (Å²) >= 11 is 0. The summed E-state index contributed by atoms with van der Waals surface area (Å²) in [4.78, 5) is 2.42. The topological polar surface area (TPSA) is 36.3 Å². The molecule has 0 amide bonds. The van der Waals surface area contributed by atoms with Gasteiger partial charge in [0.15, 0.2) is 0 Å². The molecule has 1 aliphatic heterocycles. The average Bonchev–Trinajstić information content (AvgIpc) is 3.09. The highest BCUT2D eigenvalue weighted by atomic mass is 16.5. The molecule has 3 heteroatoms. The first-order chi connectivity index (χ1) is 11.3. The fraction of sp³-hybridized carbons (Fsp3) is 0.350.